The molecule has 0 radical (unpaired) electrons. The third kappa shape index (κ3) is 3.07. The SMILES string of the molecule is Cn1cnnc1-c1ccc(NS(=O)(=O)c2ccccc2F)cc1. The van der Waals surface area contributed by atoms with Crippen LogP contribution in [0.15, 0.2) is 59.8 Å². The van der Waals surface area contributed by atoms with Gasteiger partial charge in [0.1, 0.15) is 17.0 Å². The molecule has 118 valence electrons. The molecule has 0 spiro atoms. The van der Waals surface area contributed by atoms with Crippen LogP contribution in [-0.4, -0.2) is 23.2 Å². The molecule has 0 aliphatic carbocycles. The lowest BCUT2D eigenvalue weighted by atomic mass is 10.2. The highest BCUT2D eigenvalue weighted by Gasteiger charge is 2.18. The topological polar surface area (TPSA) is 76.9 Å². The molecule has 3 rings (SSSR count). The number of halogens is 1. The smallest absolute Gasteiger partial charge is 0.264 e. The fourth-order valence-electron chi connectivity index (χ4n) is 2.10. The van der Waals surface area contributed by atoms with Gasteiger partial charge in [0.05, 0.1) is 0 Å². The summed E-state index contributed by atoms with van der Waals surface area (Å²) in [6.45, 7) is 0. The van der Waals surface area contributed by atoms with E-state index in [1.54, 1.807) is 35.2 Å². The maximum absolute atomic E-state index is 13.6. The van der Waals surface area contributed by atoms with Gasteiger partial charge < -0.3 is 4.57 Å². The Kier molecular flexibility index (Phi) is 3.83. The van der Waals surface area contributed by atoms with Gasteiger partial charge in [-0.1, -0.05) is 12.1 Å². The molecule has 0 aliphatic rings. The predicted octanol–water partition coefficient (Wildman–Crippen LogP) is 2.42. The Hall–Kier alpha value is -2.74. The van der Waals surface area contributed by atoms with Crippen LogP contribution in [0.3, 0.4) is 0 Å². The molecule has 6 nitrogen and oxygen atoms in total. The molecule has 0 unspecified atom stereocenters. The summed E-state index contributed by atoms with van der Waals surface area (Å²) in [5.41, 5.74) is 1.12. The van der Waals surface area contributed by atoms with Crippen molar-refractivity contribution in [3.8, 4) is 11.4 Å². The second kappa shape index (κ2) is 5.81. The van der Waals surface area contributed by atoms with Crippen LogP contribution >= 0.6 is 0 Å². The van der Waals surface area contributed by atoms with Crippen molar-refractivity contribution < 1.29 is 12.8 Å². The first-order valence-electron chi connectivity index (χ1n) is 6.69. The standard InChI is InChI=1S/C15H13FN4O2S/c1-20-10-17-18-15(20)11-6-8-12(9-7-11)19-23(21,22)14-5-3-2-4-13(14)16/h2-10,19H,1H3. The highest BCUT2D eigenvalue weighted by atomic mass is 32.2. The van der Waals surface area contributed by atoms with Gasteiger partial charge in [-0.2, -0.15) is 0 Å². The second-order valence-corrected chi connectivity index (χ2v) is 6.53. The summed E-state index contributed by atoms with van der Waals surface area (Å²) >= 11 is 0. The number of hydrogen-bond acceptors (Lipinski definition) is 4. The largest absolute Gasteiger partial charge is 0.317 e. The van der Waals surface area contributed by atoms with E-state index in [1.807, 2.05) is 7.05 Å². The van der Waals surface area contributed by atoms with Gasteiger partial charge in [-0.15, -0.1) is 10.2 Å². The summed E-state index contributed by atoms with van der Waals surface area (Å²) in [4.78, 5) is -0.391. The minimum atomic E-state index is -3.98. The van der Waals surface area contributed by atoms with Crippen molar-refractivity contribution in [3.63, 3.8) is 0 Å². The van der Waals surface area contributed by atoms with Gasteiger partial charge in [0.25, 0.3) is 10.0 Å². The fourth-order valence-corrected chi connectivity index (χ4v) is 3.24. The molecule has 2 aromatic carbocycles. The van der Waals surface area contributed by atoms with Gasteiger partial charge in [-0.3, -0.25) is 4.72 Å². The highest BCUT2D eigenvalue weighted by molar-refractivity contribution is 7.92. The van der Waals surface area contributed by atoms with Crippen molar-refractivity contribution >= 4 is 15.7 Å². The lowest BCUT2D eigenvalue weighted by Gasteiger charge is -2.09. The second-order valence-electron chi connectivity index (χ2n) is 4.88. The summed E-state index contributed by atoms with van der Waals surface area (Å²) in [7, 11) is -2.17. The zero-order chi connectivity index (χ0) is 16.4. The van der Waals surface area contributed by atoms with Crippen LogP contribution in [0.5, 0.6) is 0 Å². The van der Waals surface area contributed by atoms with Crippen LogP contribution in [0.25, 0.3) is 11.4 Å². The Bertz CT molecular complexity index is 936. The van der Waals surface area contributed by atoms with Crippen LogP contribution in [0.1, 0.15) is 0 Å². The maximum atomic E-state index is 13.6. The molecule has 1 N–H and O–H groups in total. The van der Waals surface area contributed by atoms with Crippen molar-refractivity contribution in [3.05, 3.63) is 60.7 Å². The van der Waals surface area contributed by atoms with Gasteiger partial charge in [0.2, 0.25) is 0 Å². The molecule has 1 heterocycles. The van der Waals surface area contributed by atoms with E-state index < -0.39 is 20.7 Å². The summed E-state index contributed by atoms with van der Waals surface area (Å²) in [5, 5.41) is 7.76. The van der Waals surface area contributed by atoms with E-state index in [0.717, 1.165) is 11.6 Å². The summed E-state index contributed by atoms with van der Waals surface area (Å²) in [6, 6.07) is 11.8. The van der Waals surface area contributed by atoms with Crippen LogP contribution in [0, 0.1) is 5.82 Å². The van der Waals surface area contributed by atoms with Crippen molar-refractivity contribution in [2.45, 2.75) is 4.90 Å². The van der Waals surface area contributed by atoms with Crippen LogP contribution in [0.4, 0.5) is 10.1 Å². The molecule has 0 aliphatic heterocycles. The molecular formula is C15H13FN4O2S. The van der Waals surface area contributed by atoms with Gasteiger partial charge >= 0.3 is 0 Å². The van der Waals surface area contributed by atoms with Gasteiger partial charge in [0, 0.05) is 18.3 Å². The van der Waals surface area contributed by atoms with E-state index in [9.17, 15) is 12.8 Å². The maximum Gasteiger partial charge on any atom is 0.264 e. The van der Waals surface area contributed by atoms with E-state index in [1.165, 1.54) is 18.2 Å². The minimum absolute atomic E-state index is 0.333. The first kappa shape index (κ1) is 15.2. The lowest BCUT2D eigenvalue weighted by Crippen LogP contribution is -2.14. The quantitative estimate of drug-likeness (QED) is 0.796. The van der Waals surface area contributed by atoms with Gasteiger partial charge in [-0.25, -0.2) is 12.8 Å². The normalized spacial score (nSPS) is 11.4. The summed E-state index contributed by atoms with van der Waals surface area (Å²) in [6.07, 6.45) is 1.57. The van der Waals surface area contributed by atoms with E-state index in [-0.39, 0.29) is 0 Å². The molecule has 3 aromatic rings. The average Bonchev–Trinajstić information content (AvgIpc) is 2.94. The molecular weight excluding hydrogens is 319 g/mol. The Morgan fingerprint density at radius 3 is 2.39 bits per heavy atom. The molecule has 1 aromatic heterocycles. The summed E-state index contributed by atoms with van der Waals surface area (Å²) in [5.74, 6) is -0.135. The van der Waals surface area contributed by atoms with Gasteiger partial charge in [-0.05, 0) is 36.4 Å². The zero-order valence-electron chi connectivity index (χ0n) is 12.1. The third-order valence-corrected chi connectivity index (χ3v) is 4.65. The number of anilines is 1. The first-order chi connectivity index (χ1) is 11.0. The van der Waals surface area contributed by atoms with Crippen LogP contribution < -0.4 is 4.72 Å². The molecule has 23 heavy (non-hydrogen) atoms. The van der Waals surface area contributed by atoms with Crippen molar-refractivity contribution in [2.24, 2.45) is 7.05 Å². The monoisotopic (exact) mass is 332 g/mol. The fraction of sp³-hybridized carbons (Fsp3) is 0.0667. The van der Waals surface area contributed by atoms with Crippen molar-refractivity contribution in [1.82, 2.24) is 14.8 Å². The predicted molar refractivity (Wildman–Crippen MR) is 83.6 cm³/mol. The third-order valence-electron chi connectivity index (χ3n) is 3.23. The number of sulfonamides is 1. The number of hydrogen-bond donors (Lipinski definition) is 1. The molecule has 0 bridgehead atoms. The Morgan fingerprint density at radius 2 is 1.78 bits per heavy atom. The number of nitrogens with zero attached hydrogens (tertiary/aromatic N) is 3. The number of aryl methyl sites for hydroxylation is 1. The molecule has 0 saturated carbocycles. The zero-order valence-corrected chi connectivity index (χ0v) is 13.0. The average molecular weight is 332 g/mol. The van der Waals surface area contributed by atoms with E-state index >= 15 is 0 Å². The number of rotatable bonds is 4. The molecule has 0 fully saturated rings. The van der Waals surface area contributed by atoms with E-state index in [2.05, 4.69) is 14.9 Å². The summed E-state index contributed by atoms with van der Waals surface area (Å²) < 4.78 is 42.2. The molecule has 0 amide bonds. The van der Waals surface area contributed by atoms with E-state index in [4.69, 9.17) is 0 Å². The first-order valence-corrected chi connectivity index (χ1v) is 8.17. The highest BCUT2D eigenvalue weighted by Crippen LogP contribution is 2.22. The lowest BCUT2D eigenvalue weighted by molar-refractivity contribution is 0.570. The molecule has 0 saturated heterocycles. The van der Waals surface area contributed by atoms with Crippen molar-refractivity contribution in [1.29, 1.82) is 0 Å². The number of benzene rings is 2. The number of nitrogens with one attached hydrogen (secondary N) is 1. The van der Waals surface area contributed by atoms with E-state index in [0.29, 0.717) is 11.5 Å². The molecule has 0 atom stereocenters. The van der Waals surface area contributed by atoms with Crippen molar-refractivity contribution in [2.75, 3.05) is 4.72 Å². The number of aromatic nitrogens is 3. The van der Waals surface area contributed by atoms with Crippen LogP contribution in [0.2, 0.25) is 0 Å². The molecule has 8 heteroatoms. The Balaban J connectivity index is 1.87. The van der Waals surface area contributed by atoms with Crippen LogP contribution in [-0.2, 0) is 17.1 Å². The van der Waals surface area contributed by atoms with Gasteiger partial charge in [0.15, 0.2) is 5.82 Å². The Morgan fingerprint density at radius 1 is 1.09 bits per heavy atom. The minimum Gasteiger partial charge on any atom is -0.317 e. The Labute approximate surface area is 132 Å².